The van der Waals surface area contributed by atoms with E-state index in [1.165, 1.54) is 12.1 Å². The summed E-state index contributed by atoms with van der Waals surface area (Å²) < 4.78 is 40.4. The molecule has 1 heterocycles. The third-order valence-corrected chi connectivity index (χ3v) is 5.90. The number of hydrogen-bond donors (Lipinski definition) is 1. The molecule has 0 amide bonds. The fourth-order valence-corrected chi connectivity index (χ4v) is 4.06. The number of nitrogens with one attached hydrogen (secondary N) is 1. The molecule has 1 atom stereocenters. The van der Waals surface area contributed by atoms with E-state index in [-0.39, 0.29) is 22.6 Å². The predicted octanol–water partition coefficient (Wildman–Crippen LogP) is 2.47. The van der Waals surface area contributed by atoms with Crippen LogP contribution in [0.5, 0.6) is 0 Å². The number of sulfonamides is 1. The van der Waals surface area contributed by atoms with Crippen LogP contribution in [0.25, 0.3) is 0 Å². The van der Waals surface area contributed by atoms with Crippen molar-refractivity contribution >= 4 is 21.4 Å². The average Bonchev–Trinajstić information content (AvgIpc) is 2.93. The highest BCUT2D eigenvalue weighted by Crippen LogP contribution is 2.20. The molecular weight excluding hydrogens is 311 g/mol. The molecule has 114 valence electrons. The zero-order valence-corrected chi connectivity index (χ0v) is 13.4. The van der Waals surface area contributed by atoms with Crippen LogP contribution in [0, 0.1) is 5.82 Å². The van der Waals surface area contributed by atoms with Crippen LogP contribution >= 0.6 is 11.3 Å². The molecule has 1 N–H and O–H groups in total. The summed E-state index contributed by atoms with van der Waals surface area (Å²) in [7, 11) is 0.141. The van der Waals surface area contributed by atoms with Crippen LogP contribution in [0.4, 0.5) is 4.39 Å². The van der Waals surface area contributed by atoms with Gasteiger partial charge < -0.3 is 4.90 Å². The lowest BCUT2D eigenvalue weighted by Gasteiger charge is -2.25. The zero-order chi connectivity index (χ0) is 15.5. The van der Waals surface area contributed by atoms with Crippen LogP contribution in [0.1, 0.15) is 11.6 Å². The Morgan fingerprint density at radius 3 is 2.62 bits per heavy atom. The largest absolute Gasteiger partial charge is 0.301 e. The third kappa shape index (κ3) is 4.10. The van der Waals surface area contributed by atoms with Crippen LogP contribution in [-0.4, -0.2) is 34.0 Å². The average molecular weight is 328 g/mol. The van der Waals surface area contributed by atoms with Gasteiger partial charge in [0.25, 0.3) is 0 Å². The highest BCUT2D eigenvalue weighted by Gasteiger charge is 2.20. The van der Waals surface area contributed by atoms with Crippen molar-refractivity contribution in [2.45, 2.75) is 10.3 Å². The van der Waals surface area contributed by atoms with Gasteiger partial charge in [0, 0.05) is 12.6 Å². The highest BCUT2D eigenvalue weighted by molar-refractivity contribution is 7.91. The number of benzene rings is 1. The Bertz CT molecular complexity index is 685. The molecule has 0 radical (unpaired) electrons. The maximum atomic E-state index is 13.3. The Kier molecular flexibility index (Phi) is 5.10. The van der Waals surface area contributed by atoms with Crippen LogP contribution in [0.3, 0.4) is 0 Å². The molecule has 0 aliphatic rings. The molecule has 2 rings (SSSR count). The Morgan fingerprint density at radius 2 is 2.05 bits per heavy atom. The summed E-state index contributed by atoms with van der Waals surface area (Å²) >= 11 is 1.16. The number of thiophene rings is 1. The van der Waals surface area contributed by atoms with Gasteiger partial charge in [-0.25, -0.2) is 17.5 Å². The van der Waals surface area contributed by atoms with Gasteiger partial charge in [0.2, 0.25) is 10.0 Å². The maximum Gasteiger partial charge on any atom is 0.250 e. The monoisotopic (exact) mass is 328 g/mol. The van der Waals surface area contributed by atoms with Crippen molar-refractivity contribution in [1.29, 1.82) is 0 Å². The molecule has 1 aromatic carbocycles. The van der Waals surface area contributed by atoms with E-state index in [2.05, 4.69) is 4.72 Å². The van der Waals surface area contributed by atoms with E-state index < -0.39 is 10.0 Å². The molecule has 0 aliphatic carbocycles. The van der Waals surface area contributed by atoms with E-state index in [9.17, 15) is 12.8 Å². The van der Waals surface area contributed by atoms with Gasteiger partial charge in [-0.3, -0.25) is 0 Å². The summed E-state index contributed by atoms with van der Waals surface area (Å²) in [5.74, 6) is -0.333. The van der Waals surface area contributed by atoms with Crippen molar-refractivity contribution in [3.8, 4) is 0 Å². The molecule has 0 spiro atoms. The molecule has 2 aromatic rings. The highest BCUT2D eigenvalue weighted by atomic mass is 32.2. The summed E-state index contributed by atoms with van der Waals surface area (Å²) in [5.41, 5.74) is 0.730. The van der Waals surface area contributed by atoms with Gasteiger partial charge in [0.1, 0.15) is 10.0 Å². The lowest BCUT2D eigenvalue weighted by molar-refractivity contribution is 0.299. The molecule has 0 saturated carbocycles. The molecular formula is C14H17FN2O2S2. The second-order valence-electron chi connectivity index (χ2n) is 4.82. The SMILES string of the molecule is CN(C)C(CNS(=O)(=O)c1cccs1)c1cccc(F)c1. The summed E-state index contributed by atoms with van der Waals surface area (Å²) in [6.07, 6.45) is 0. The molecule has 0 saturated heterocycles. The zero-order valence-electron chi connectivity index (χ0n) is 11.8. The van der Waals surface area contributed by atoms with E-state index in [1.54, 1.807) is 29.6 Å². The van der Waals surface area contributed by atoms with Crippen molar-refractivity contribution in [1.82, 2.24) is 9.62 Å². The van der Waals surface area contributed by atoms with E-state index in [0.29, 0.717) is 0 Å². The van der Waals surface area contributed by atoms with Crippen molar-refractivity contribution < 1.29 is 12.8 Å². The Balaban J connectivity index is 2.15. The van der Waals surface area contributed by atoms with Gasteiger partial charge in [0.15, 0.2) is 0 Å². The minimum absolute atomic E-state index is 0.177. The van der Waals surface area contributed by atoms with Gasteiger partial charge in [-0.1, -0.05) is 18.2 Å². The van der Waals surface area contributed by atoms with Crippen LogP contribution in [-0.2, 0) is 10.0 Å². The molecule has 1 aromatic heterocycles. The molecule has 0 fully saturated rings. The second kappa shape index (κ2) is 6.65. The first kappa shape index (κ1) is 16.1. The standard InChI is InChI=1S/C14H17FN2O2S2/c1-17(2)13(11-5-3-6-12(15)9-11)10-16-21(18,19)14-7-4-8-20-14/h3-9,13,16H,10H2,1-2H3. The number of likely N-dealkylation sites (N-methyl/N-ethyl adjacent to an activating group) is 1. The number of rotatable bonds is 6. The smallest absolute Gasteiger partial charge is 0.250 e. The van der Waals surface area contributed by atoms with Crippen LogP contribution < -0.4 is 4.72 Å². The lowest BCUT2D eigenvalue weighted by Crippen LogP contribution is -2.34. The summed E-state index contributed by atoms with van der Waals surface area (Å²) in [6.45, 7) is 0.177. The molecule has 1 unspecified atom stereocenters. The molecule has 7 heteroatoms. The number of hydrogen-bond acceptors (Lipinski definition) is 4. The summed E-state index contributed by atoms with van der Waals surface area (Å²) in [4.78, 5) is 1.85. The van der Waals surface area contributed by atoms with Crippen molar-refractivity contribution in [3.05, 3.63) is 53.2 Å². The first-order valence-electron chi connectivity index (χ1n) is 6.35. The Morgan fingerprint density at radius 1 is 1.29 bits per heavy atom. The van der Waals surface area contributed by atoms with Crippen LogP contribution in [0.2, 0.25) is 0 Å². The predicted molar refractivity (Wildman–Crippen MR) is 82.3 cm³/mol. The summed E-state index contributed by atoms with van der Waals surface area (Å²) in [6, 6.07) is 9.20. The van der Waals surface area contributed by atoms with Gasteiger partial charge in [0.05, 0.1) is 0 Å². The molecule has 0 bridgehead atoms. The fraction of sp³-hybridized carbons (Fsp3) is 0.286. The topological polar surface area (TPSA) is 49.4 Å². The van der Waals surface area contributed by atoms with E-state index in [0.717, 1.165) is 16.9 Å². The summed E-state index contributed by atoms with van der Waals surface area (Å²) in [5, 5.41) is 1.71. The minimum atomic E-state index is -3.52. The first-order chi connectivity index (χ1) is 9.90. The third-order valence-electron chi connectivity index (χ3n) is 3.08. The number of halogens is 1. The van der Waals surface area contributed by atoms with Crippen molar-refractivity contribution in [3.63, 3.8) is 0 Å². The number of nitrogens with zero attached hydrogens (tertiary/aromatic N) is 1. The van der Waals surface area contributed by atoms with Gasteiger partial charge in [-0.15, -0.1) is 11.3 Å². The van der Waals surface area contributed by atoms with Gasteiger partial charge in [-0.05, 0) is 43.2 Å². The Labute approximate surface area is 128 Å². The quantitative estimate of drug-likeness (QED) is 0.886. The van der Waals surface area contributed by atoms with E-state index in [1.807, 2.05) is 19.0 Å². The second-order valence-corrected chi connectivity index (χ2v) is 7.76. The lowest BCUT2D eigenvalue weighted by atomic mass is 10.1. The van der Waals surface area contributed by atoms with Crippen molar-refractivity contribution in [2.75, 3.05) is 20.6 Å². The van der Waals surface area contributed by atoms with E-state index >= 15 is 0 Å². The van der Waals surface area contributed by atoms with E-state index in [4.69, 9.17) is 0 Å². The first-order valence-corrected chi connectivity index (χ1v) is 8.71. The maximum absolute atomic E-state index is 13.3. The Hall–Kier alpha value is -1.28. The fourth-order valence-electron chi connectivity index (χ4n) is 1.99. The van der Waals surface area contributed by atoms with Crippen molar-refractivity contribution in [2.24, 2.45) is 0 Å². The van der Waals surface area contributed by atoms with Gasteiger partial charge >= 0.3 is 0 Å². The molecule has 0 aliphatic heterocycles. The molecule has 4 nitrogen and oxygen atoms in total. The van der Waals surface area contributed by atoms with Gasteiger partial charge in [-0.2, -0.15) is 0 Å². The normalized spacial score (nSPS) is 13.5. The minimum Gasteiger partial charge on any atom is -0.301 e. The molecule has 21 heavy (non-hydrogen) atoms. The van der Waals surface area contributed by atoms with Crippen LogP contribution in [0.15, 0.2) is 46.0 Å².